The van der Waals surface area contributed by atoms with Crippen molar-refractivity contribution >= 4 is 28.6 Å². The first kappa shape index (κ1) is 16.8. The molecule has 3 rings (SSSR count). The summed E-state index contributed by atoms with van der Waals surface area (Å²) in [6, 6.07) is 11.7. The molecule has 126 valence electrons. The van der Waals surface area contributed by atoms with E-state index in [0.717, 1.165) is 16.3 Å². The third-order valence-corrected chi connectivity index (χ3v) is 4.46. The summed E-state index contributed by atoms with van der Waals surface area (Å²) in [6.45, 7) is 3.55. The molecule has 0 unspecified atom stereocenters. The minimum absolute atomic E-state index is 0.00236. The Bertz CT molecular complexity index is 966. The fourth-order valence-corrected chi connectivity index (χ4v) is 3.08. The number of nitro benzene ring substituents is 1. The summed E-state index contributed by atoms with van der Waals surface area (Å²) in [7, 11) is 0. The zero-order chi connectivity index (χ0) is 18.0. The predicted octanol–water partition coefficient (Wildman–Crippen LogP) is 4.59. The highest BCUT2D eigenvalue weighted by Gasteiger charge is 2.14. The number of benzene rings is 2. The van der Waals surface area contributed by atoms with E-state index in [1.807, 2.05) is 30.5 Å². The standard InChI is InChI=1S/C18H15N3O3S/c1-11-8-14(6-7-17(11)21(23)24)18(22)20-15-5-3-4-13(9-15)16-10-25-12(2)19-16/h3-10H,1-2H3,(H,20,22). The van der Waals surface area contributed by atoms with Crippen LogP contribution in [-0.4, -0.2) is 15.8 Å². The number of carbonyl (C=O) groups is 1. The number of hydrogen-bond donors (Lipinski definition) is 1. The molecule has 1 aromatic heterocycles. The Balaban J connectivity index is 1.81. The summed E-state index contributed by atoms with van der Waals surface area (Å²) in [4.78, 5) is 27.2. The highest BCUT2D eigenvalue weighted by atomic mass is 32.1. The van der Waals surface area contributed by atoms with Crippen molar-refractivity contribution in [3.8, 4) is 11.3 Å². The molecule has 1 heterocycles. The second kappa shape index (κ2) is 6.82. The van der Waals surface area contributed by atoms with Crippen molar-refractivity contribution in [2.24, 2.45) is 0 Å². The van der Waals surface area contributed by atoms with Gasteiger partial charge in [-0.1, -0.05) is 12.1 Å². The van der Waals surface area contributed by atoms with Crippen molar-refractivity contribution < 1.29 is 9.72 Å². The van der Waals surface area contributed by atoms with Crippen LogP contribution in [0.3, 0.4) is 0 Å². The third-order valence-electron chi connectivity index (χ3n) is 3.69. The smallest absolute Gasteiger partial charge is 0.272 e. The van der Waals surface area contributed by atoms with Crippen molar-refractivity contribution in [3.05, 3.63) is 74.1 Å². The lowest BCUT2D eigenvalue weighted by molar-refractivity contribution is -0.385. The Hall–Kier alpha value is -3.06. The summed E-state index contributed by atoms with van der Waals surface area (Å²) < 4.78 is 0. The predicted molar refractivity (Wildman–Crippen MR) is 98.1 cm³/mol. The fraction of sp³-hybridized carbons (Fsp3) is 0.111. The van der Waals surface area contributed by atoms with Gasteiger partial charge in [0.25, 0.3) is 11.6 Å². The Morgan fingerprint density at radius 3 is 2.64 bits per heavy atom. The van der Waals surface area contributed by atoms with E-state index in [2.05, 4.69) is 10.3 Å². The summed E-state index contributed by atoms with van der Waals surface area (Å²) in [5, 5.41) is 16.6. The maximum Gasteiger partial charge on any atom is 0.272 e. The topological polar surface area (TPSA) is 85.1 Å². The molecule has 1 N–H and O–H groups in total. The molecule has 0 saturated carbocycles. The van der Waals surface area contributed by atoms with Crippen LogP contribution >= 0.6 is 11.3 Å². The number of aromatic nitrogens is 1. The lowest BCUT2D eigenvalue weighted by Crippen LogP contribution is -2.12. The molecule has 0 radical (unpaired) electrons. The number of nitro groups is 1. The van der Waals surface area contributed by atoms with E-state index >= 15 is 0 Å². The van der Waals surface area contributed by atoms with Crippen LogP contribution in [0.4, 0.5) is 11.4 Å². The number of aryl methyl sites for hydroxylation is 2. The Morgan fingerprint density at radius 1 is 1.20 bits per heavy atom. The van der Waals surface area contributed by atoms with Gasteiger partial charge in [0.1, 0.15) is 0 Å². The van der Waals surface area contributed by atoms with Gasteiger partial charge in [-0.25, -0.2) is 4.98 Å². The molecule has 25 heavy (non-hydrogen) atoms. The van der Waals surface area contributed by atoms with E-state index in [-0.39, 0.29) is 11.6 Å². The number of nitrogens with zero attached hydrogens (tertiary/aromatic N) is 2. The molecule has 0 saturated heterocycles. The van der Waals surface area contributed by atoms with Gasteiger partial charge in [0.2, 0.25) is 0 Å². The largest absolute Gasteiger partial charge is 0.322 e. The number of hydrogen-bond acceptors (Lipinski definition) is 5. The van der Waals surface area contributed by atoms with Gasteiger partial charge in [0.15, 0.2) is 0 Å². The SMILES string of the molecule is Cc1nc(-c2cccc(NC(=O)c3ccc([N+](=O)[O-])c(C)c3)c2)cs1. The van der Waals surface area contributed by atoms with Gasteiger partial charge in [0.05, 0.1) is 15.6 Å². The molecular formula is C18H15N3O3S. The minimum Gasteiger partial charge on any atom is -0.322 e. The van der Waals surface area contributed by atoms with E-state index in [0.29, 0.717) is 16.8 Å². The van der Waals surface area contributed by atoms with Gasteiger partial charge in [-0.15, -0.1) is 11.3 Å². The number of nitrogens with one attached hydrogen (secondary N) is 1. The first-order valence-electron chi connectivity index (χ1n) is 7.53. The number of thiazole rings is 1. The van der Waals surface area contributed by atoms with Crippen molar-refractivity contribution in [2.45, 2.75) is 13.8 Å². The highest BCUT2D eigenvalue weighted by Crippen LogP contribution is 2.25. The first-order valence-corrected chi connectivity index (χ1v) is 8.41. The quantitative estimate of drug-likeness (QED) is 0.549. The van der Waals surface area contributed by atoms with Crippen LogP contribution in [0, 0.1) is 24.0 Å². The molecule has 3 aromatic rings. The van der Waals surface area contributed by atoms with Crippen LogP contribution in [0.2, 0.25) is 0 Å². The van der Waals surface area contributed by atoms with Crippen molar-refractivity contribution in [1.82, 2.24) is 4.98 Å². The molecule has 0 fully saturated rings. The highest BCUT2D eigenvalue weighted by molar-refractivity contribution is 7.09. The third kappa shape index (κ3) is 3.72. The number of anilines is 1. The molecule has 0 aliphatic carbocycles. The van der Waals surface area contributed by atoms with E-state index in [9.17, 15) is 14.9 Å². The maximum atomic E-state index is 12.4. The molecule has 1 amide bonds. The van der Waals surface area contributed by atoms with E-state index < -0.39 is 4.92 Å². The van der Waals surface area contributed by atoms with Gasteiger partial charge >= 0.3 is 0 Å². The molecule has 6 nitrogen and oxygen atoms in total. The fourth-order valence-electron chi connectivity index (χ4n) is 2.46. The van der Waals surface area contributed by atoms with Crippen LogP contribution in [0.1, 0.15) is 20.9 Å². The molecule has 2 aromatic carbocycles. The van der Waals surface area contributed by atoms with Crippen LogP contribution < -0.4 is 5.32 Å². The van der Waals surface area contributed by atoms with Gasteiger partial charge in [-0.2, -0.15) is 0 Å². The molecular weight excluding hydrogens is 338 g/mol. The molecule has 0 aliphatic rings. The molecule has 7 heteroatoms. The Kier molecular flexibility index (Phi) is 4.58. The van der Waals surface area contributed by atoms with Gasteiger partial charge < -0.3 is 5.32 Å². The Morgan fingerprint density at radius 2 is 2.00 bits per heavy atom. The number of amides is 1. The van der Waals surface area contributed by atoms with Crippen molar-refractivity contribution in [2.75, 3.05) is 5.32 Å². The molecule has 0 aliphatic heterocycles. The van der Waals surface area contributed by atoms with E-state index in [4.69, 9.17) is 0 Å². The van der Waals surface area contributed by atoms with Crippen molar-refractivity contribution in [3.63, 3.8) is 0 Å². The maximum absolute atomic E-state index is 12.4. The lowest BCUT2D eigenvalue weighted by Gasteiger charge is -2.07. The zero-order valence-corrected chi connectivity index (χ0v) is 14.5. The number of rotatable bonds is 4. The van der Waals surface area contributed by atoms with E-state index in [1.54, 1.807) is 24.3 Å². The normalized spacial score (nSPS) is 10.5. The second-order valence-electron chi connectivity index (χ2n) is 5.55. The van der Waals surface area contributed by atoms with E-state index in [1.165, 1.54) is 18.2 Å². The van der Waals surface area contributed by atoms with Crippen molar-refractivity contribution in [1.29, 1.82) is 0 Å². The van der Waals surface area contributed by atoms with Crippen LogP contribution in [0.15, 0.2) is 47.8 Å². The minimum atomic E-state index is -0.462. The zero-order valence-electron chi connectivity index (χ0n) is 13.6. The monoisotopic (exact) mass is 353 g/mol. The van der Waals surface area contributed by atoms with Gasteiger partial charge in [-0.05, 0) is 38.1 Å². The van der Waals surface area contributed by atoms with Crippen LogP contribution in [0.5, 0.6) is 0 Å². The summed E-state index contributed by atoms with van der Waals surface area (Å²) in [5.41, 5.74) is 3.25. The summed E-state index contributed by atoms with van der Waals surface area (Å²) in [6.07, 6.45) is 0. The summed E-state index contributed by atoms with van der Waals surface area (Å²) in [5.74, 6) is -0.315. The average molecular weight is 353 g/mol. The molecule has 0 atom stereocenters. The first-order chi connectivity index (χ1) is 11.9. The summed E-state index contributed by atoms with van der Waals surface area (Å²) >= 11 is 1.57. The van der Waals surface area contributed by atoms with Crippen LogP contribution in [0.25, 0.3) is 11.3 Å². The second-order valence-corrected chi connectivity index (χ2v) is 6.61. The van der Waals surface area contributed by atoms with Gasteiger partial charge in [-0.3, -0.25) is 14.9 Å². The Labute approximate surface area is 148 Å². The lowest BCUT2D eigenvalue weighted by atomic mass is 10.1. The number of carbonyl (C=O) groups excluding carboxylic acids is 1. The van der Waals surface area contributed by atoms with Crippen LogP contribution in [-0.2, 0) is 0 Å². The average Bonchev–Trinajstić information content (AvgIpc) is 3.01. The van der Waals surface area contributed by atoms with Gasteiger partial charge in [0, 0.05) is 33.8 Å². The molecule has 0 bridgehead atoms. The molecule has 0 spiro atoms.